The number of anilines is 2. The van der Waals surface area contributed by atoms with Crippen LogP contribution in [0.4, 0.5) is 11.5 Å². The highest BCUT2D eigenvalue weighted by Crippen LogP contribution is 2.33. The van der Waals surface area contributed by atoms with Gasteiger partial charge in [0.15, 0.2) is 5.54 Å². The molecule has 0 bridgehead atoms. The van der Waals surface area contributed by atoms with E-state index in [1.165, 1.54) is 0 Å². The number of benzene rings is 1. The summed E-state index contributed by atoms with van der Waals surface area (Å²) in [5, 5.41) is 13.2. The van der Waals surface area contributed by atoms with E-state index in [1.807, 2.05) is 37.4 Å². The van der Waals surface area contributed by atoms with Gasteiger partial charge >= 0.3 is 5.97 Å². The third-order valence-electron chi connectivity index (χ3n) is 5.33. The third kappa shape index (κ3) is 2.99. The molecule has 1 atom stereocenters. The molecule has 1 unspecified atom stereocenters. The Balaban J connectivity index is 1.44. The van der Waals surface area contributed by atoms with Crippen molar-refractivity contribution < 1.29 is 9.90 Å². The minimum Gasteiger partial charge on any atom is -0.479 e. The Morgan fingerprint density at radius 2 is 2.04 bits per heavy atom. The van der Waals surface area contributed by atoms with Crippen molar-refractivity contribution in [1.29, 1.82) is 0 Å². The lowest BCUT2D eigenvalue weighted by molar-refractivity contribution is -0.142. The highest BCUT2D eigenvalue weighted by atomic mass is 16.4. The molecule has 0 spiro atoms. The number of nitrogens with zero attached hydrogens (tertiary/aromatic N) is 4. The van der Waals surface area contributed by atoms with Gasteiger partial charge in [0.25, 0.3) is 0 Å². The molecular formula is C19H23N5O2. The number of fused-ring (bicyclic) bond motifs is 1. The molecule has 0 aliphatic carbocycles. The van der Waals surface area contributed by atoms with Gasteiger partial charge in [-0.15, -0.1) is 0 Å². The molecular weight excluding hydrogens is 330 g/mol. The summed E-state index contributed by atoms with van der Waals surface area (Å²) < 4.78 is 0. The zero-order valence-corrected chi connectivity index (χ0v) is 14.9. The largest absolute Gasteiger partial charge is 0.479 e. The highest BCUT2D eigenvalue weighted by Gasteiger charge is 2.45. The lowest BCUT2D eigenvalue weighted by Crippen LogP contribution is -2.57. The van der Waals surface area contributed by atoms with Crippen molar-refractivity contribution >= 4 is 17.5 Å². The average Bonchev–Trinajstić information content (AvgIpc) is 3.02. The summed E-state index contributed by atoms with van der Waals surface area (Å²) in [5.74, 6) is 0.182. The molecule has 1 aromatic heterocycles. The first-order valence-corrected chi connectivity index (χ1v) is 8.91. The number of hydrogen-bond acceptors (Lipinski definition) is 6. The van der Waals surface area contributed by atoms with E-state index in [1.54, 1.807) is 6.33 Å². The number of para-hydroxylation sites is 1. The van der Waals surface area contributed by atoms with E-state index in [0.29, 0.717) is 13.0 Å². The number of carboxylic acids is 1. The van der Waals surface area contributed by atoms with Gasteiger partial charge in [-0.05, 0) is 18.6 Å². The summed E-state index contributed by atoms with van der Waals surface area (Å²) in [6, 6.07) is 7.85. The molecule has 2 aromatic rings. The van der Waals surface area contributed by atoms with Gasteiger partial charge in [-0.2, -0.15) is 0 Å². The molecule has 3 heterocycles. The molecule has 7 nitrogen and oxygen atoms in total. The highest BCUT2D eigenvalue weighted by molar-refractivity contribution is 5.87. The second kappa shape index (κ2) is 6.57. The van der Waals surface area contributed by atoms with Gasteiger partial charge in [-0.1, -0.05) is 18.2 Å². The minimum absolute atomic E-state index is 0.494. The average molecular weight is 353 g/mol. The fraction of sp³-hybridized carbons (Fsp3) is 0.421. The Kier molecular flexibility index (Phi) is 4.24. The smallest absolute Gasteiger partial charge is 0.331 e. The third-order valence-corrected chi connectivity index (χ3v) is 5.33. The number of carboxylic acid groups (broad SMARTS) is 1. The normalized spacial score (nSPS) is 22.7. The van der Waals surface area contributed by atoms with Crippen LogP contribution in [-0.4, -0.2) is 64.2 Å². The van der Waals surface area contributed by atoms with E-state index in [4.69, 9.17) is 0 Å². The Bertz CT molecular complexity index is 792. The van der Waals surface area contributed by atoms with Gasteiger partial charge < -0.3 is 15.3 Å². The maximum atomic E-state index is 12.1. The molecule has 0 radical (unpaired) electrons. The van der Waals surface area contributed by atoms with E-state index < -0.39 is 11.5 Å². The Morgan fingerprint density at radius 1 is 1.27 bits per heavy atom. The maximum absolute atomic E-state index is 12.1. The molecule has 1 aromatic carbocycles. The molecule has 2 aliphatic rings. The molecule has 0 amide bonds. The van der Waals surface area contributed by atoms with E-state index in [9.17, 15) is 9.90 Å². The zero-order chi connectivity index (χ0) is 18.1. The first-order valence-electron chi connectivity index (χ1n) is 8.91. The quantitative estimate of drug-likeness (QED) is 0.860. The molecule has 2 N–H and O–H groups in total. The number of piperazine rings is 1. The molecule has 4 rings (SSSR count). The van der Waals surface area contributed by atoms with Gasteiger partial charge in [0, 0.05) is 56.6 Å². The summed E-state index contributed by atoms with van der Waals surface area (Å²) in [7, 11) is 0. The predicted molar refractivity (Wildman–Crippen MR) is 99.6 cm³/mol. The van der Waals surface area contributed by atoms with Gasteiger partial charge in [0.2, 0.25) is 0 Å². The van der Waals surface area contributed by atoms with Crippen molar-refractivity contribution in [3.63, 3.8) is 0 Å². The number of rotatable bonds is 4. The number of aryl methyl sites for hydroxylation is 1. The van der Waals surface area contributed by atoms with Crippen LogP contribution in [0.5, 0.6) is 0 Å². The SMILES string of the molecule is Cc1cncnc1N1CCN(CC2(C(=O)O)Cc3ccccc3N2)CC1. The first-order chi connectivity index (χ1) is 12.6. The van der Waals surface area contributed by atoms with Crippen molar-refractivity contribution in [1.82, 2.24) is 14.9 Å². The van der Waals surface area contributed by atoms with Crippen molar-refractivity contribution in [2.45, 2.75) is 18.9 Å². The van der Waals surface area contributed by atoms with Crippen LogP contribution in [0.3, 0.4) is 0 Å². The number of aliphatic carboxylic acids is 1. The van der Waals surface area contributed by atoms with Crippen LogP contribution in [-0.2, 0) is 11.2 Å². The summed E-state index contributed by atoms with van der Waals surface area (Å²) in [5.41, 5.74) is 2.13. The first kappa shape index (κ1) is 16.8. The summed E-state index contributed by atoms with van der Waals surface area (Å²) >= 11 is 0. The standard InChI is InChI=1S/C19H23N5O2/c1-14-11-20-13-21-17(14)24-8-6-23(7-9-24)12-19(18(25)26)10-15-4-2-3-5-16(15)22-19/h2-5,11,13,22H,6-10,12H2,1H3,(H,25,26). The Hall–Kier alpha value is -2.67. The Labute approximate surface area is 152 Å². The minimum atomic E-state index is -0.948. The van der Waals surface area contributed by atoms with Crippen LogP contribution in [0.1, 0.15) is 11.1 Å². The van der Waals surface area contributed by atoms with Crippen molar-refractivity contribution in [3.05, 3.63) is 47.9 Å². The fourth-order valence-electron chi connectivity index (χ4n) is 3.94. The topological polar surface area (TPSA) is 81.6 Å². The second-order valence-electron chi connectivity index (χ2n) is 7.14. The molecule has 2 aliphatic heterocycles. The molecule has 26 heavy (non-hydrogen) atoms. The lowest BCUT2D eigenvalue weighted by Gasteiger charge is -2.39. The van der Waals surface area contributed by atoms with E-state index in [2.05, 4.69) is 25.1 Å². The van der Waals surface area contributed by atoms with Gasteiger partial charge in [0.05, 0.1) is 0 Å². The van der Waals surface area contributed by atoms with Crippen molar-refractivity contribution in [3.8, 4) is 0 Å². The molecule has 7 heteroatoms. The van der Waals surface area contributed by atoms with Crippen LogP contribution < -0.4 is 10.2 Å². The van der Waals surface area contributed by atoms with Gasteiger partial charge in [-0.25, -0.2) is 14.8 Å². The van der Waals surface area contributed by atoms with Crippen LogP contribution in [0.25, 0.3) is 0 Å². The Morgan fingerprint density at radius 3 is 2.73 bits per heavy atom. The predicted octanol–water partition coefficient (Wildman–Crippen LogP) is 1.40. The summed E-state index contributed by atoms with van der Waals surface area (Å²) in [6.45, 7) is 5.81. The van der Waals surface area contributed by atoms with Gasteiger partial charge in [-0.3, -0.25) is 4.90 Å². The molecule has 136 valence electrons. The van der Waals surface area contributed by atoms with Crippen molar-refractivity contribution in [2.75, 3.05) is 42.9 Å². The van der Waals surface area contributed by atoms with Crippen LogP contribution >= 0.6 is 0 Å². The second-order valence-corrected chi connectivity index (χ2v) is 7.14. The molecule has 1 saturated heterocycles. The number of nitrogens with one attached hydrogen (secondary N) is 1. The van der Waals surface area contributed by atoms with Crippen LogP contribution in [0.15, 0.2) is 36.8 Å². The summed E-state index contributed by atoms with van der Waals surface area (Å²) in [6.07, 6.45) is 3.92. The number of aromatic nitrogens is 2. The fourth-order valence-corrected chi connectivity index (χ4v) is 3.94. The van der Waals surface area contributed by atoms with E-state index in [0.717, 1.165) is 48.8 Å². The lowest BCUT2D eigenvalue weighted by atomic mass is 9.94. The van der Waals surface area contributed by atoms with E-state index >= 15 is 0 Å². The maximum Gasteiger partial charge on any atom is 0.331 e. The van der Waals surface area contributed by atoms with E-state index in [-0.39, 0.29) is 0 Å². The van der Waals surface area contributed by atoms with Crippen LogP contribution in [0, 0.1) is 6.92 Å². The van der Waals surface area contributed by atoms with Gasteiger partial charge in [0.1, 0.15) is 12.1 Å². The summed E-state index contributed by atoms with van der Waals surface area (Å²) in [4.78, 5) is 25.0. The number of hydrogen-bond donors (Lipinski definition) is 2. The van der Waals surface area contributed by atoms with Crippen LogP contribution in [0.2, 0.25) is 0 Å². The van der Waals surface area contributed by atoms with Crippen molar-refractivity contribution in [2.24, 2.45) is 0 Å². The zero-order valence-electron chi connectivity index (χ0n) is 14.9. The number of carbonyl (C=O) groups is 1. The molecule has 0 saturated carbocycles. The molecule has 1 fully saturated rings. The monoisotopic (exact) mass is 353 g/mol.